The number of carbonyl (C=O) groups is 2. The summed E-state index contributed by atoms with van der Waals surface area (Å²) < 4.78 is 47.6. The summed E-state index contributed by atoms with van der Waals surface area (Å²) in [7, 11) is -9.75. The van der Waals surface area contributed by atoms with Gasteiger partial charge in [-0.1, -0.05) is 138 Å². The number of hydrogen-bond donors (Lipinski definition) is 5. The van der Waals surface area contributed by atoms with Crippen molar-refractivity contribution in [3.8, 4) is 0 Å². The summed E-state index contributed by atoms with van der Waals surface area (Å²) in [6.07, 6.45) is 39.2. The van der Waals surface area contributed by atoms with Crippen LogP contribution >= 0.6 is 15.6 Å². The standard InChI is InChI=1S/C44H76O14P2/c1-3-5-7-9-11-13-15-17-18-20-22-24-26-28-30-34-43(47)54-38-42(39-57-60(52,53)56-37-41(46)36-55-59(49,50)51)58-44(48)35-31-33-40(45)32-29-27-25-23-21-19-16-14-12-10-8-6-4-2/h5,7,11,13,17-19,21,25,27,29,32,40-42,45-46H,3-4,6,8-10,12,14-16,20,22-24,26,28,30-31,33-39H2,1-2H3,(H,52,53)(H2,49,50,51)/b7-5-,13-11-,18-17-,21-19+,27-25+,32-29+/t40?,41-,42+/m0/s1. The molecule has 0 aromatic rings. The zero-order chi connectivity index (χ0) is 44.6. The maximum absolute atomic E-state index is 12.7. The second kappa shape index (κ2) is 39.4. The fourth-order valence-corrected chi connectivity index (χ4v) is 6.53. The van der Waals surface area contributed by atoms with Gasteiger partial charge in [-0.15, -0.1) is 0 Å². The molecule has 0 radical (unpaired) electrons. The topological polar surface area (TPSA) is 216 Å². The van der Waals surface area contributed by atoms with E-state index < -0.39 is 72.3 Å². The lowest BCUT2D eigenvalue weighted by molar-refractivity contribution is -0.161. The van der Waals surface area contributed by atoms with Gasteiger partial charge in [0.15, 0.2) is 6.10 Å². The second-order valence-electron chi connectivity index (χ2n) is 14.4. The molecule has 60 heavy (non-hydrogen) atoms. The molecule has 0 saturated carbocycles. The Morgan fingerprint density at radius 2 is 1.10 bits per heavy atom. The summed E-state index contributed by atoms with van der Waals surface area (Å²) in [5.41, 5.74) is 0. The van der Waals surface area contributed by atoms with Gasteiger partial charge in [0.2, 0.25) is 0 Å². The number of rotatable bonds is 40. The van der Waals surface area contributed by atoms with Crippen molar-refractivity contribution >= 4 is 27.6 Å². The van der Waals surface area contributed by atoms with Gasteiger partial charge in [0.25, 0.3) is 0 Å². The lowest BCUT2D eigenvalue weighted by Crippen LogP contribution is -2.30. The fourth-order valence-electron chi connectivity index (χ4n) is 5.37. The molecule has 0 amide bonds. The molecule has 0 aliphatic heterocycles. The van der Waals surface area contributed by atoms with Crippen LogP contribution < -0.4 is 0 Å². The zero-order valence-electron chi connectivity index (χ0n) is 36.1. The predicted octanol–water partition coefficient (Wildman–Crippen LogP) is 9.98. The van der Waals surface area contributed by atoms with Crippen LogP contribution in [0.15, 0.2) is 72.9 Å². The van der Waals surface area contributed by atoms with E-state index in [1.54, 1.807) is 12.2 Å². The number of esters is 2. The fraction of sp³-hybridized carbons (Fsp3) is 0.682. The van der Waals surface area contributed by atoms with Gasteiger partial charge in [-0.2, -0.15) is 0 Å². The monoisotopic (exact) mass is 890 g/mol. The number of aliphatic hydroxyl groups is 2. The Kier molecular flexibility index (Phi) is 37.7. The second-order valence-corrected chi connectivity index (χ2v) is 17.1. The normalized spacial score (nSPS) is 15.2. The third kappa shape index (κ3) is 42.2. The molecule has 0 rings (SSSR count). The molecule has 0 heterocycles. The van der Waals surface area contributed by atoms with Crippen LogP contribution in [0.2, 0.25) is 0 Å². The Morgan fingerprint density at radius 1 is 0.567 bits per heavy atom. The number of unbranched alkanes of at least 4 members (excludes halogenated alkanes) is 11. The third-order valence-corrected chi connectivity index (χ3v) is 10.1. The van der Waals surface area contributed by atoms with Crippen molar-refractivity contribution in [2.75, 3.05) is 26.4 Å². The molecule has 0 saturated heterocycles. The summed E-state index contributed by atoms with van der Waals surface area (Å²) in [4.78, 5) is 52.7. The lowest BCUT2D eigenvalue weighted by atomic mass is 10.1. The number of allylic oxidation sites excluding steroid dienone is 11. The molecule has 0 aromatic heterocycles. The lowest BCUT2D eigenvalue weighted by Gasteiger charge is -2.20. The van der Waals surface area contributed by atoms with E-state index in [1.807, 2.05) is 12.2 Å². The first-order chi connectivity index (χ1) is 28.8. The summed E-state index contributed by atoms with van der Waals surface area (Å²) in [6, 6.07) is 0. The Labute approximate surface area is 359 Å². The van der Waals surface area contributed by atoms with Crippen LogP contribution in [-0.2, 0) is 41.8 Å². The van der Waals surface area contributed by atoms with Crippen molar-refractivity contribution < 1.29 is 66.7 Å². The van der Waals surface area contributed by atoms with Crippen LogP contribution in [0.25, 0.3) is 0 Å². The van der Waals surface area contributed by atoms with Gasteiger partial charge in [0.1, 0.15) is 12.7 Å². The molecule has 0 fully saturated rings. The number of hydrogen-bond acceptors (Lipinski definition) is 11. The third-order valence-electron chi connectivity index (χ3n) is 8.67. The van der Waals surface area contributed by atoms with Crippen LogP contribution in [0, 0.1) is 0 Å². The molecule has 14 nitrogen and oxygen atoms in total. The average Bonchev–Trinajstić information content (AvgIpc) is 3.20. The Bertz CT molecular complexity index is 1350. The van der Waals surface area contributed by atoms with Gasteiger partial charge in [0.05, 0.1) is 25.9 Å². The van der Waals surface area contributed by atoms with Crippen molar-refractivity contribution in [3.63, 3.8) is 0 Å². The van der Waals surface area contributed by atoms with Crippen molar-refractivity contribution in [3.05, 3.63) is 72.9 Å². The van der Waals surface area contributed by atoms with Gasteiger partial charge < -0.3 is 34.4 Å². The molecule has 5 N–H and O–H groups in total. The van der Waals surface area contributed by atoms with Crippen molar-refractivity contribution in [1.29, 1.82) is 0 Å². The van der Waals surface area contributed by atoms with Crippen molar-refractivity contribution in [1.82, 2.24) is 0 Å². The van der Waals surface area contributed by atoms with Gasteiger partial charge >= 0.3 is 27.6 Å². The Morgan fingerprint density at radius 3 is 1.73 bits per heavy atom. The summed E-state index contributed by atoms with van der Waals surface area (Å²) in [5, 5.41) is 20.0. The van der Waals surface area contributed by atoms with Crippen LogP contribution in [-0.4, -0.2) is 81.6 Å². The zero-order valence-corrected chi connectivity index (χ0v) is 37.9. The van der Waals surface area contributed by atoms with E-state index in [9.17, 15) is 33.8 Å². The minimum atomic E-state index is -4.89. The largest absolute Gasteiger partial charge is 0.472 e. The molecule has 4 atom stereocenters. The predicted molar refractivity (Wildman–Crippen MR) is 236 cm³/mol. The van der Waals surface area contributed by atoms with E-state index >= 15 is 0 Å². The maximum Gasteiger partial charge on any atom is 0.472 e. The number of phosphoric acid groups is 2. The number of ether oxygens (including phenoxy) is 2. The highest BCUT2D eigenvalue weighted by molar-refractivity contribution is 7.47. The van der Waals surface area contributed by atoms with E-state index in [-0.39, 0.29) is 25.7 Å². The number of carbonyl (C=O) groups excluding carboxylic acids is 2. The van der Waals surface area contributed by atoms with Crippen LogP contribution in [0.3, 0.4) is 0 Å². The highest BCUT2D eigenvalue weighted by Crippen LogP contribution is 2.43. The van der Waals surface area contributed by atoms with Gasteiger partial charge in [-0.05, 0) is 70.6 Å². The SMILES string of the molecule is CC/C=C\C/C=C\C/C=C\CCCCCCCC(=O)OC[C@H](COP(=O)(O)OC[C@@H](O)COP(=O)(O)O)OC(=O)CCCC(O)/C=C/C=C/C/C=C/CCCCCCCC. The van der Waals surface area contributed by atoms with E-state index in [4.69, 9.17) is 23.8 Å². The maximum atomic E-state index is 12.7. The van der Waals surface area contributed by atoms with Crippen molar-refractivity contribution in [2.45, 2.75) is 167 Å². The average molecular weight is 891 g/mol. The first-order valence-corrected chi connectivity index (χ1v) is 24.8. The number of aliphatic hydroxyl groups excluding tert-OH is 2. The molecule has 16 heteroatoms. The summed E-state index contributed by atoms with van der Waals surface area (Å²) in [6.45, 7) is 1.39. The van der Waals surface area contributed by atoms with Gasteiger partial charge in [-0.3, -0.25) is 23.2 Å². The molecule has 0 aliphatic rings. The minimum absolute atomic E-state index is 0.0998. The first kappa shape index (κ1) is 57.5. The van der Waals surface area contributed by atoms with Gasteiger partial charge in [-0.25, -0.2) is 9.13 Å². The molecule has 0 bridgehead atoms. The molecular formula is C44H76O14P2. The van der Waals surface area contributed by atoms with E-state index in [0.717, 1.165) is 64.2 Å². The smallest absolute Gasteiger partial charge is 0.462 e. The van der Waals surface area contributed by atoms with E-state index in [1.165, 1.54) is 38.5 Å². The summed E-state index contributed by atoms with van der Waals surface area (Å²) in [5.74, 6) is -1.25. The van der Waals surface area contributed by atoms with Gasteiger partial charge in [0, 0.05) is 12.8 Å². The minimum Gasteiger partial charge on any atom is -0.462 e. The van der Waals surface area contributed by atoms with E-state index in [2.05, 4.69) is 71.5 Å². The molecule has 0 aliphatic carbocycles. The van der Waals surface area contributed by atoms with Crippen LogP contribution in [0.4, 0.5) is 0 Å². The first-order valence-electron chi connectivity index (χ1n) is 21.7. The van der Waals surface area contributed by atoms with Crippen LogP contribution in [0.1, 0.15) is 149 Å². The number of phosphoric ester groups is 2. The molecule has 2 unspecified atom stereocenters. The Hall–Kier alpha value is -2.48. The quantitative estimate of drug-likeness (QED) is 0.0127. The van der Waals surface area contributed by atoms with Crippen LogP contribution in [0.5, 0.6) is 0 Å². The Balaban J connectivity index is 4.74. The molecule has 0 spiro atoms. The highest BCUT2D eigenvalue weighted by atomic mass is 31.2. The summed E-state index contributed by atoms with van der Waals surface area (Å²) >= 11 is 0. The van der Waals surface area contributed by atoms with Crippen molar-refractivity contribution in [2.24, 2.45) is 0 Å². The van der Waals surface area contributed by atoms with E-state index in [0.29, 0.717) is 6.42 Å². The highest BCUT2D eigenvalue weighted by Gasteiger charge is 2.28. The molecule has 0 aromatic carbocycles. The molecular weight excluding hydrogens is 814 g/mol. The molecule has 346 valence electrons.